The number of carbonyl (C=O) groups is 1. The first-order chi connectivity index (χ1) is 17.0. The SMILES string of the molecule is Cc1ccc(C(=O)Nc2ccc3c(c2)ncn3-c2ccnc(N[C@@H](C)c3ccccc3)n2)c(C)c1. The van der Waals surface area contributed by atoms with Crippen molar-refractivity contribution in [3.8, 4) is 5.82 Å². The van der Waals surface area contributed by atoms with Crippen molar-refractivity contribution in [2.24, 2.45) is 0 Å². The van der Waals surface area contributed by atoms with E-state index in [4.69, 9.17) is 0 Å². The molecule has 5 rings (SSSR count). The zero-order valence-electron chi connectivity index (χ0n) is 19.9. The van der Waals surface area contributed by atoms with Crippen molar-refractivity contribution in [1.82, 2.24) is 19.5 Å². The second-order valence-corrected chi connectivity index (χ2v) is 8.61. The van der Waals surface area contributed by atoms with Crippen molar-refractivity contribution in [2.75, 3.05) is 10.6 Å². The molecule has 1 atom stereocenters. The fourth-order valence-electron chi connectivity index (χ4n) is 4.11. The van der Waals surface area contributed by atoms with Crippen LogP contribution in [0.4, 0.5) is 11.6 Å². The molecule has 0 saturated carbocycles. The van der Waals surface area contributed by atoms with Gasteiger partial charge in [0, 0.05) is 17.4 Å². The molecule has 0 unspecified atom stereocenters. The molecule has 0 saturated heterocycles. The number of amides is 1. The third kappa shape index (κ3) is 4.75. The second-order valence-electron chi connectivity index (χ2n) is 8.61. The summed E-state index contributed by atoms with van der Waals surface area (Å²) in [6.07, 6.45) is 3.46. The highest BCUT2D eigenvalue weighted by Crippen LogP contribution is 2.23. The van der Waals surface area contributed by atoms with Gasteiger partial charge in [-0.2, -0.15) is 4.98 Å². The molecule has 2 N–H and O–H groups in total. The number of aromatic nitrogens is 4. The Balaban J connectivity index is 1.37. The fraction of sp³-hybridized carbons (Fsp3) is 0.143. The Morgan fingerprint density at radius 2 is 1.77 bits per heavy atom. The lowest BCUT2D eigenvalue weighted by molar-refractivity contribution is 0.102. The van der Waals surface area contributed by atoms with E-state index in [2.05, 4.69) is 44.6 Å². The largest absolute Gasteiger partial charge is 0.348 e. The van der Waals surface area contributed by atoms with Crippen LogP contribution in [0, 0.1) is 13.8 Å². The van der Waals surface area contributed by atoms with Gasteiger partial charge in [0.25, 0.3) is 5.91 Å². The number of carbonyl (C=O) groups excluding carboxylic acids is 1. The van der Waals surface area contributed by atoms with Crippen LogP contribution >= 0.6 is 0 Å². The van der Waals surface area contributed by atoms with Gasteiger partial charge in [-0.05, 0) is 62.2 Å². The predicted octanol–water partition coefficient (Wildman–Crippen LogP) is 5.86. The number of fused-ring (bicyclic) bond motifs is 1. The highest BCUT2D eigenvalue weighted by Gasteiger charge is 2.13. The van der Waals surface area contributed by atoms with Crippen molar-refractivity contribution >= 4 is 28.6 Å². The van der Waals surface area contributed by atoms with Crippen LogP contribution in [0.15, 0.2) is 85.3 Å². The van der Waals surface area contributed by atoms with Crippen LogP contribution in [0.25, 0.3) is 16.9 Å². The van der Waals surface area contributed by atoms with Gasteiger partial charge in [-0.25, -0.2) is 9.97 Å². The van der Waals surface area contributed by atoms with Gasteiger partial charge in [-0.3, -0.25) is 9.36 Å². The maximum absolute atomic E-state index is 12.8. The highest BCUT2D eigenvalue weighted by atomic mass is 16.1. The lowest BCUT2D eigenvalue weighted by Crippen LogP contribution is -2.13. The molecule has 5 aromatic rings. The topological polar surface area (TPSA) is 84.7 Å². The normalized spacial score (nSPS) is 11.9. The lowest BCUT2D eigenvalue weighted by Gasteiger charge is -2.14. The van der Waals surface area contributed by atoms with E-state index in [9.17, 15) is 4.79 Å². The summed E-state index contributed by atoms with van der Waals surface area (Å²) < 4.78 is 1.91. The Morgan fingerprint density at radius 1 is 0.943 bits per heavy atom. The van der Waals surface area contributed by atoms with Gasteiger partial charge in [-0.1, -0.05) is 48.0 Å². The molecule has 3 aromatic carbocycles. The lowest BCUT2D eigenvalue weighted by atomic mass is 10.1. The van der Waals surface area contributed by atoms with Crippen molar-refractivity contribution in [3.05, 3.63) is 108 Å². The first-order valence-electron chi connectivity index (χ1n) is 11.5. The zero-order valence-corrected chi connectivity index (χ0v) is 19.9. The molecule has 2 heterocycles. The Labute approximate surface area is 203 Å². The van der Waals surface area contributed by atoms with Gasteiger partial charge in [0.05, 0.1) is 17.1 Å². The minimum Gasteiger partial charge on any atom is -0.348 e. The second kappa shape index (κ2) is 9.38. The number of anilines is 2. The Hall–Kier alpha value is -4.52. The third-order valence-electron chi connectivity index (χ3n) is 5.96. The molecule has 2 aromatic heterocycles. The molecule has 1 amide bonds. The van der Waals surface area contributed by atoms with E-state index < -0.39 is 0 Å². The summed E-state index contributed by atoms with van der Waals surface area (Å²) in [6, 6.07) is 23.6. The molecule has 7 heteroatoms. The van der Waals surface area contributed by atoms with E-state index in [1.807, 2.05) is 79.1 Å². The summed E-state index contributed by atoms with van der Waals surface area (Å²) in [4.78, 5) is 26.4. The van der Waals surface area contributed by atoms with Crippen molar-refractivity contribution in [1.29, 1.82) is 0 Å². The standard InChI is InChI=1S/C28H26N6O/c1-18-9-11-23(19(2)15-18)27(35)32-22-10-12-25-24(16-22)30-17-34(25)26-13-14-29-28(33-26)31-20(3)21-7-5-4-6-8-21/h4-17,20H,1-3H3,(H,32,35)(H,29,31,33)/t20-/m0/s1. The maximum atomic E-state index is 12.8. The number of imidazole rings is 1. The Bertz CT molecular complexity index is 1510. The molecule has 0 spiro atoms. The third-order valence-corrected chi connectivity index (χ3v) is 5.96. The van der Waals surface area contributed by atoms with E-state index in [1.165, 1.54) is 0 Å². The number of aryl methyl sites for hydroxylation is 2. The van der Waals surface area contributed by atoms with E-state index in [1.54, 1.807) is 12.5 Å². The van der Waals surface area contributed by atoms with Crippen LogP contribution in [0.1, 0.15) is 40.0 Å². The Morgan fingerprint density at radius 3 is 2.57 bits per heavy atom. The average Bonchev–Trinajstić information content (AvgIpc) is 3.28. The van der Waals surface area contributed by atoms with Crippen molar-refractivity contribution < 1.29 is 4.79 Å². The van der Waals surface area contributed by atoms with E-state index in [0.29, 0.717) is 23.0 Å². The number of nitrogens with one attached hydrogen (secondary N) is 2. The van der Waals surface area contributed by atoms with Gasteiger partial charge >= 0.3 is 0 Å². The van der Waals surface area contributed by atoms with Gasteiger partial charge in [0.15, 0.2) is 0 Å². The summed E-state index contributed by atoms with van der Waals surface area (Å²) >= 11 is 0. The van der Waals surface area contributed by atoms with Crippen LogP contribution < -0.4 is 10.6 Å². The van der Waals surface area contributed by atoms with Crippen molar-refractivity contribution in [3.63, 3.8) is 0 Å². The summed E-state index contributed by atoms with van der Waals surface area (Å²) in [6.45, 7) is 6.03. The summed E-state index contributed by atoms with van der Waals surface area (Å²) in [5, 5.41) is 6.34. The number of rotatable bonds is 6. The van der Waals surface area contributed by atoms with Crippen molar-refractivity contribution in [2.45, 2.75) is 26.8 Å². The Kier molecular flexibility index (Phi) is 5.97. The monoisotopic (exact) mass is 462 g/mol. The van der Waals surface area contributed by atoms with Crippen LogP contribution in [0.5, 0.6) is 0 Å². The average molecular weight is 463 g/mol. The molecule has 0 aliphatic heterocycles. The number of hydrogen-bond acceptors (Lipinski definition) is 5. The number of benzene rings is 3. The molecular formula is C28H26N6O. The van der Waals surface area contributed by atoms with Gasteiger partial charge in [-0.15, -0.1) is 0 Å². The van der Waals surface area contributed by atoms with Crippen LogP contribution in [0.3, 0.4) is 0 Å². The van der Waals surface area contributed by atoms with Crippen LogP contribution in [0.2, 0.25) is 0 Å². The molecule has 0 aliphatic carbocycles. The molecule has 0 fully saturated rings. The van der Waals surface area contributed by atoms with E-state index in [0.717, 1.165) is 27.7 Å². The first-order valence-corrected chi connectivity index (χ1v) is 11.5. The quantitative estimate of drug-likeness (QED) is 0.330. The minimum atomic E-state index is -0.139. The molecule has 0 aliphatic rings. The maximum Gasteiger partial charge on any atom is 0.255 e. The van der Waals surface area contributed by atoms with Crippen LogP contribution in [-0.2, 0) is 0 Å². The van der Waals surface area contributed by atoms with Gasteiger partial charge in [0.2, 0.25) is 5.95 Å². The molecule has 174 valence electrons. The predicted molar refractivity (Wildman–Crippen MR) is 139 cm³/mol. The fourth-order valence-corrected chi connectivity index (χ4v) is 4.11. The van der Waals surface area contributed by atoms with Gasteiger partial charge in [0.1, 0.15) is 12.1 Å². The molecule has 0 radical (unpaired) electrons. The summed E-state index contributed by atoms with van der Waals surface area (Å²) in [5.74, 6) is 1.11. The van der Waals surface area contributed by atoms with E-state index >= 15 is 0 Å². The summed E-state index contributed by atoms with van der Waals surface area (Å²) in [7, 11) is 0. The van der Waals surface area contributed by atoms with Gasteiger partial charge < -0.3 is 10.6 Å². The molecule has 7 nitrogen and oxygen atoms in total. The molecule has 0 bridgehead atoms. The smallest absolute Gasteiger partial charge is 0.255 e. The van der Waals surface area contributed by atoms with Crippen LogP contribution in [-0.4, -0.2) is 25.4 Å². The zero-order chi connectivity index (χ0) is 24.4. The minimum absolute atomic E-state index is 0.0642. The first kappa shape index (κ1) is 22.3. The molecule has 35 heavy (non-hydrogen) atoms. The number of hydrogen-bond donors (Lipinski definition) is 2. The van der Waals surface area contributed by atoms with E-state index in [-0.39, 0.29) is 11.9 Å². The highest BCUT2D eigenvalue weighted by molar-refractivity contribution is 6.06. The summed E-state index contributed by atoms with van der Waals surface area (Å²) in [5.41, 5.74) is 6.22. The number of nitrogens with zero attached hydrogens (tertiary/aromatic N) is 4. The molecular weight excluding hydrogens is 436 g/mol.